The second kappa shape index (κ2) is 12.5. The highest BCUT2D eigenvalue weighted by Crippen LogP contribution is 2.17. The smallest absolute Gasteiger partial charge is 0.310 e. The predicted octanol–water partition coefficient (Wildman–Crippen LogP) is 3.92. The molecule has 1 amide bonds. The number of carbonyl (C=O) groups is 2. The molecule has 3 aromatic rings. The predicted molar refractivity (Wildman–Crippen MR) is 136 cm³/mol. The summed E-state index contributed by atoms with van der Waals surface area (Å²) in [5, 5.41) is 2.70. The van der Waals surface area contributed by atoms with Gasteiger partial charge in [-0.2, -0.15) is 4.72 Å². The van der Waals surface area contributed by atoms with E-state index in [0.29, 0.717) is 18.0 Å². The summed E-state index contributed by atoms with van der Waals surface area (Å²) < 4.78 is 39.6. The maximum absolute atomic E-state index is 13.0. The summed E-state index contributed by atoms with van der Waals surface area (Å²) in [6, 6.07) is 20.3. The van der Waals surface area contributed by atoms with Crippen LogP contribution in [0.1, 0.15) is 12.5 Å². The van der Waals surface area contributed by atoms with Crippen LogP contribution >= 0.6 is 15.9 Å². The first kappa shape index (κ1) is 26.4. The lowest BCUT2D eigenvalue weighted by Gasteiger charge is -2.19. The fourth-order valence-electron chi connectivity index (χ4n) is 3.04. The van der Waals surface area contributed by atoms with E-state index in [1.807, 2.05) is 6.07 Å². The number of ether oxygens (including phenoxy) is 2. The van der Waals surface area contributed by atoms with E-state index in [2.05, 4.69) is 26.0 Å². The van der Waals surface area contributed by atoms with Crippen LogP contribution in [-0.4, -0.2) is 39.5 Å². The summed E-state index contributed by atoms with van der Waals surface area (Å²) in [6.07, 6.45) is 0.114. The van der Waals surface area contributed by atoms with Crippen molar-refractivity contribution < 1.29 is 27.5 Å². The largest absolute Gasteiger partial charge is 0.491 e. The number of anilines is 1. The highest BCUT2D eigenvalue weighted by molar-refractivity contribution is 9.10. The highest BCUT2D eigenvalue weighted by atomic mass is 79.9. The van der Waals surface area contributed by atoms with Gasteiger partial charge in [0.2, 0.25) is 15.9 Å². The molecule has 0 radical (unpaired) electrons. The van der Waals surface area contributed by atoms with Crippen LogP contribution in [0.2, 0.25) is 0 Å². The average molecular weight is 561 g/mol. The van der Waals surface area contributed by atoms with Crippen molar-refractivity contribution in [1.82, 2.24) is 4.72 Å². The fraction of sp³-hybridized carbons (Fsp3) is 0.200. The van der Waals surface area contributed by atoms with Crippen molar-refractivity contribution in [3.63, 3.8) is 0 Å². The van der Waals surface area contributed by atoms with Crippen molar-refractivity contribution in [3.8, 4) is 5.75 Å². The third-order valence-corrected chi connectivity index (χ3v) is 6.79. The molecule has 1 atom stereocenters. The minimum atomic E-state index is -4.01. The summed E-state index contributed by atoms with van der Waals surface area (Å²) >= 11 is 3.27. The van der Waals surface area contributed by atoms with Gasteiger partial charge in [0.05, 0.1) is 17.9 Å². The molecule has 0 saturated heterocycles. The Morgan fingerprint density at radius 3 is 2.23 bits per heavy atom. The number of nitrogens with one attached hydrogen (secondary N) is 2. The molecule has 35 heavy (non-hydrogen) atoms. The first-order valence-corrected chi connectivity index (χ1v) is 13.1. The first-order valence-electron chi connectivity index (χ1n) is 10.8. The Morgan fingerprint density at radius 2 is 1.60 bits per heavy atom. The van der Waals surface area contributed by atoms with Gasteiger partial charge in [0, 0.05) is 10.2 Å². The maximum atomic E-state index is 13.0. The summed E-state index contributed by atoms with van der Waals surface area (Å²) in [6.45, 7) is 1.81. The van der Waals surface area contributed by atoms with Crippen molar-refractivity contribution in [3.05, 3.63) is 88.9 Å². The lowest BCUT2D eigenvalue weighted by atomic mass is 10.1. The molecule has 3 aromatic carbocycles. The lowest BCUT2D eigenvalue weighted by molar-refractivity contribution is -0.142. The number of halogens is 1. The maximum Gasteiger partial charge on any atom is 0.310 e. The van der Waals surface area contributed by atoms with Crippen molar-refractivity contribution in [2.45, 2.75) is 24.3 Å². The summed E-state index contributed by atoms with van der Waals surface area (Å²) in [5.41, 5.74) is 1.16. The molecule has 3 rings (SSSR count). The van der Waals surface area contributed by atoms with Gasteiger partial charge in [-0.25, -0.2) is 8.42 Å². The molecule has 8 nitrogen and oxygen atoms in total. The first-order chi connectivity index (χ1) is 16.8. The Hall–Kier alpha value is -3.21. The van der Waals surface area contributed by atoms with Gasteiger partial charge >= 0.3 is 5.97 Å². The topological polar surface area (TPSA) is 111 Å². The number of hydrogen-bond acceptors (Lipinski definition) is 6. The molecule has 0 heterocycles. The van der Waals surface area contributed by atoms with E-state index in [9.17, 15) is 18.0 Å². The number of esters is 1. The van der Waals surface area contributed by atoms with E-state index < -0.39 is 22.0 Å². The second-order valence-electron chi connectivity index (χ2n) is 7.42. The van der Waals surface area contributed by atoms with Crippen LogP contribution < -0.4 is 14.8 Å². The quantitative estimate of drug-likeness (QED) is 0.344. The molecule has 0 aliphatic rings. The third kappa shape index (κ3) is 8.20. The van der Waals surface area contributed by atoms with Crippen LogP contribution in [0, 0.1) is 0 Å². The van der Waals surface area contributed by atoms with Crippen molar-refractivity contribution in [1.29, 1.82) is 0 Å². The summed E-state index contributed by atoms with van der Waals surface area (Å²) in [4.78, 5) is 24.7. The van der Waals surface area contributed by atoms with Crippen LogP contribution in [0.3, 0.4) is 0 Å². The zero-order valence-electron chi connectivity index (χ0n) is 18.9. The number of rotatable bonds is 11. The molecule has 0 spiro atoms. The lowest BCUT2D eigenvalue weighted by Crippen LogP contribution is -2.47. The van der Waals surface area contributed by atoms with E-state index in [1.165, 1.54) is 12.1 Å². The minimum absolute atomic E-state index is 0.0153. The van der Waals surface area contributed by atoms with E-state index in [1.54, 1.807) is 67.6 Å². The molecule has 0 aromatic heterocycles. The van der Waals surface area contributed by atoms with Gasteiger partial charge < -0.3 is 14.8 Å². The Morgan fingerprint density at radius 1 is 0.943 bits per heavy atom. The molecule has 184 valence electrons. The van der Waals surface area contributed by atoms with Gasteiger partial charge in [-0.1, -0.05) is 46.3 Å². The fourth-order valence-corrected chi connectivity index (χ4v) is 4.49. The van der Waals surface area contributed by atoms with Crippen LogP contribution in [0.25, 0.3) is 0 Å². The van der Waals surface area contributed by atoms with Crippen molar-refractivity contribution >= 4 is 43.5 Å². The van der Waals surface area contributed by atoms with E-state index in [0.717, 1.165) is 10.0 Å². The van der Waals surface area contributed by atoms with Gasteiger partial charge in [-0.05, 0) is 61.0 Å². The van der Waals surface area contributed by atoms with Gasteiger partial charge in [0.15, 0.2) is 0 Å². The van der Waals surface area contributed by atoms with E-state index in [-0.39, 0.29) is 23.9 Å². The standard InChI is InChI=1S/C25H25BrN2O6S/c1-2-33-24(29)16-18-8-12-20(13-9-18)27-25(30)23(17-34-21-6-4-3-5-7-21)28-35(31,32)22-14-10-19(26)11-15-22/h3-15,23,28H,2,16-17H2,1H3,(H,27,30)/t23-/m0/s1. The number of carbonyl (C=O) groups excluding carboxylic acids is 2. The second-order valence-corrected chi connectivity index (χ2v) is 10.0. The number of benzene rings is 3. The third-order valence-electron chi connectivity index (χ3n) is 4.77. The van der Waals surface area contributed by atoms with Crippen molar-refractivity contribution in [2.24, 2.45) is 0 Å². The molecule has 0 saturated carbocycles. The molecule has 0 unspecified atom stereocenters. The number of para-hydroxylation sites is 1. The Labute approximate surface area is 212 Å². The molecular weight excluding hydrogens is 536 g/mol. The minimum Gasteiger partial charge on any atom is -0.491 e. The summed E-state index contributed by atoms with van der Waals surface area (Å²) in [5.74, 6) is -0.444. The van der Waals surface area contributed by atoms with E-state index >= 15 is 0 Å². The van der Waals surface area contributed by atoms with Crippen LogP contribution in [0.15, 0.2) is 88.2 Å². The van der Waals surface area contributed by atoms with Gasteiger partial charge in [-0.15, -0.1) is 0 Å². The number of sulfonamides is 1. The molecule has 0 bridgehead atoms. The molecule has 10 heteroatoms. The van der Waals surface area contributed by atoms with Gasteiger partial charge in [0.25, 0.3) is 0 Å². The zero-order valence-corrected chi connectivity index (χ0v) is 21.3. The molecule has 0 fully saturated rings. The Balaban J connectivity index is 1.74. The van der Waals surface area contributed by atoms with Gasteiger partial charge in [-0.3, -0.25) is 9.59 Å². The van der Waals surface area contributed by atoms with Crippen LogP contribution in [0.5, 0.6) is 5.75 Å². The molecule has 2 N–H and O–H groups in total. The Kier molecular flexibility index (Phi) is 9.41. The van der Waals surface area contributed by atoms with E-state index in [4.69, 9.17) is 9.47 Å². The number of hydrogen-bond donors (Lipinski definition) is 2. The normalized spacial score (nSPS) is 11.9. The molecule has 0 aliphatic carbocycles. The van der Waals surface area contributed by atoms with Gasteiger partial charge in [0.1, 0.15) is 18.4 Å². The molecule has 0 aliphatic heterocycles. The molecular formula is C25H25BrN2O6S. The Bertz CT molecular complexity index is 1230. The van der Waals surface area contributed by atoms with Crippen LogP contribution in [-0.2, 0) is 30.8 Å². The SMILES string of the molecule is CCOC(=O)Cc1ccc(NC(=O)[C@H](COc2ccccc2)NS(=O)(=O)c2ccc(Br)cc2)cc1. The summed E-state index contributed by atoms with van der Waals surface area (Å²) in [7, 11) is -4.01. The van der Waals surface area contributed by atoms with Crippen LogP contribution in [0.4, 0.5) is 5.69 Å². The van der Waals surface area contributed by atoms with Crippen molar-refractivity contribution in [2.75, 3.05) is 18.5 Å². The monoisotopic (exact) mass is 560 g/mol. The zero-order chi connectivity index (χ0) is 25.3. The average Bonchev–Trinajstić information content (AvgIpc) is 2.84. The highest BCUT2D eigenvalue weighted by Gasteiger charge is 2.27. The number of amides is 1.